The highest BCUT2D eigenvalue weighted by atomic mass is 16.5. The molecule has 0 saturated heterocycles. The van der Waals surface area contributed by atoms with Crippen molar-refractivity contribution in [1.82, 2.24) is 0 Å². The van der Waals surface area contributed by atoms with Crippen LogP contribution in [0.5, 0.6) is 0 Å². The Kier molecular flexibility index (Phi) is 3.89. The van der Waals surface area contributed by atoms with Crippen LogP contribution in [-0.4, -0.2) is 33.9 Å². The number of hydrogen-bond acceptors (Lipinski definition) is 3. The van der Waals surface area contributed by atoms with Gasteiger partial charge in [-0.05, 0) is 43.0 Å². The van der Waals surface area contributed by atoms with Crippen LogP contribution in [0.25, 0.3) is 0 Å². The molecule has 1 unspecified atom stereocenters. The van der Waals surface area contributed by atoms with Crippen LogP contribution in [0.4, 0.5) is 11.4 Å². The van der Waals surface area contributed by atoms with Gasteiger partial charge in [-0.3, -0.25) is 0 Å². The summed E-state index contributed by atoms with van der Waals surface area (Å²) in [6.45, 7) is 0.792. The fraction of sp³-hybridized carbons (Fsp3) is 0.571. The van der Waals surface area contributed by atoms with Crippen LogP contribution < -0.4 is 10.2 Å². The van der Waals surface area contributed by atoms with E-state index in [0.29, 0.717) is 6.04 Å². The summed E-state index contributed by atoms with van der Waals surface area (Å²) in [4.78, 5) is 2.11. The van der Waals surface area contributed by atoms with Crippen molar-refractivity contribution in [3.8, 4) is 0 Å². The molecule has 0 amide bonds. The Morgan fingerprint density at radius 1 is 1.29 bits per heavy atom. The maximum absolute atomic E-state index is 5.27. The summed E-state index contributed by atoms with van der Waals surface area (Å²) in [6.07, 6.45) is 2.66. The van der Waals surface area contributed by atoms with Crippen molar-refractivity contribution in [3.63, 3.8) is 0 Å². The lowest BCUT2D eigenvalue weighted by Gasteiger charge is -2.19. The number of benzene rings is 1. The molecule has 17 heavy (non-hydrogen) atoms. The normalized spacial score (nSPS) is 16.6. The number of methoxy groups -OCH3 is 1. The lowest BCUT2D eigenvalue weighted by Crippen LogP contribution is -2.27. The van der Waals surface area contributed by atoms with Crippen LogP contribution in [0.2, 0.25) is 0 Å². The number of hydrogen-bond donors (Lipinski definition) is 1. The van der Waals surface area contributed by atoms with Gasteiger partial charge in [-0.25, -0.2) is 0 Å². The molecule has 3 heteroatoms. The van der Waals surface area contributed by atoms with E-state index in [2.05, 4.69) is 48.6 Å². The molecular formula is C14H22N2O. The summed E-state index contributed by atoms with van der Waals surface area (Å²) in [7, 11) is 5.88. The van der Waals surface area contributed by atoms with Crippen LogP contribution in [0.3, 0.4) is 0 Å². The van der Waals surface area contributed by atoms with Gasteiger partial charge in [0.15, 0.2) is 0 Å². The van der Waals surface area contributed by atoms with Crippen molar-refractivity contribution in [2.75, 3.05) is 38.0 Å². The molecule has 1 saturated carbocycles. The van der Waals surface area contributed by atoms with Gasteiger partial charge in [0.2, 0.25) is 0 Å². The van der Waals surface area contributed by atoms with E-state index >= 15 is 0 Å². The van der Waals surface area contributed by atoms with E-state index in [4.69, 9.17) is 4.74 Å². The third-order valence-electron chi connectivity index (χ3n) is 3.27. The van der Waals surface area contributed by atoms with Crippen LogP contribution in [0, 0.1) is 5.92 Å². The smallest absolute Gasteiger partial charge is 0.0666 e. The van der Waals surface area contributed by atoms with Crippen molar-refractivity contribution in [2.45, 2.75) is 18.9 Å². The summed E-state index contributed by atoms with van der Waals surface area (Å²) in [6, 6.07) is 9.02. The molecule has 2 rings (SSSR count). The van der Waals surface area contributed by atoms with Gasteiger partial charge in [0, 0.05) is 32.6 Å². The van der Waals surface area contributed by atoms with Crippen LogP contribution >= 0.6 is 0 Å². The summed E-state index contributed by atoms with van der Waals surface area (Å²) in [5, 5.41) is 3.56. The molecule has 0 radical (unpaired) electrons. The van der Waals surface area contributed by atoms with Crippen LogP contribution in [0.1, 0.15) is 12.8 Å². The second-order valence-electron chi connectivity index (χ2n) is 4.98. The zero-order valence-corrected chi connectivity index (χ0v) is 10.9. The average Bonchev–Trinajstić information content (AvgIpc) is 3.13. The third kappa shape index (κ3) is 3.37. The molecule has 1 aromatic rings. The fourth-order valence-corrected chi connectivity index (χ4v) is 2.04. The van der Waals surface area contributed by atoms with E-state index in [-0.39, 0.29) is 0 Å². The topological polar surface area (TPSA) is 24.5 Å². The van der Waals surface area contributed by atoms with Gasteiger partial charge in [0.1, 0.15) is 0 Å². The summed E-state index contributed by atoms with van der Waals surface area (Å²) < 4.78 is 5.27. The third-order valence-corrected chi connectivity index (χ3v) is 3.27. The average molecular weight is 234 g/mol. The van der Waals surface area contributed by atoms with Gasteiger partial charge in [0.05, 0.1) is 12.6 Å². The first-order chi connectivity index (χ1) is 8.20. The van der Waals surface area contributed by atoms with Crippen LogP contribution in [0.15, 0.2) is 24.3 Å². The first-order valence-corrected chi connectivity index (χ1v) is 6.23. The van der Waals surface area contributed by atoms with Crippen LogP contribution in [-0.2, 0) is 4.74 Å². The maximum atomic E-state index is 5.27. The van der Waals surface area contributed by atoms with E-state index < -0.39 is 0 Å². The largest absolute Gasteiger partial charge is 0.383 e. The summed E-state index contributed by atoms with van der Waals surface area (Å²) >= 11 is 0. The Morgan fingerprint density at radius 3 is 2.41 bits per heavy atom. The first kappa shape index (κ1) is 12.2. The minimum Gasteiger partial charge on any atom is -0.383 e. The highest BCUT2D eigenvalue weighted by Crippen LogP contribution is 2.34. The molecular weight excluding hydrogens is 212 g/mol. The molecule has 94 valence electrons. The van der Waals surface area contributed by atoms with E-state index in [0.717, 1.165) is 12.5 Å². The molecule has 0 bridgehead atoms. The quantitative estimate of drug-likeness (QED) is 0.819. The Bertz CT molecular complexity index is 344. The number of anilines is 2. The van der Waals surface area contributed by atoms with Gasteiger partial charge >= 0.3 is 0 Å². The Balaban J connectivity index is 1.96. The highest BCUT2D eigenvalue weighted by Gasteiger charge is 2.30. The molecule has 0 aromatic heterocycles. The van der Waals surface area contributed by atoms with Gasteiger partial charge in [-0.2, -0.15) is 0 Å². The number of nitrogens with zero attached hydrogens (tertiary/aromatic N) is 1. The monoisotopic (exact) mass is 234 g/mol. The van der Waals surface area contributed by atoms with Crippen molar-refractivity contribution < 1.29 is 4.74 Å². The second-order valence-corrected chi connectivity index (χ2v) is 4.98. The van der Waals surface area contributed by atoms with Crippen molar-refractivity contribution in [1.29, 1.82) is 0 Å². The lowest BCUT2D eigenvalue weighted by atomic mass is 10.2. The van der Waals surface area contributed by atoms with Gasteiger partial charge in [0.25, 0.3) is 0 Å². The highest BCUT2D eigenvalue weighted by molar-refractivity contribution is 5.54. The van der Waals surface area contributed by atoms with E-state index in [1.54, 1.807) is 7.11 Å². The van der Waals surface area contributed by atoms with E-state index in [9.17, 15) is 0 Å². The zero-order chi connectivity index (χ0) is 12.3. The van der Waals surface area contributed by atoms with Crippen molar-refractivity contribution in [3.05, 3.63) is 24.3 Å². The predicted octanol–water partition coefficient (Wildman–Crippen LogP) is 2.59. The predicted molar refractivity (Wildman–Crippen MR) is 72.8 cm³/mol. The van der Waals surface area contributed by atoms with Gasteiger partial charge < -0.3 is 15.0 Å². The molecule has 1 aliphatic rings. The second kappa shape index (κ2) is 5.41. The fourth-order valence-electron chi connectivity index (χ4n) is 2.04. The molecule has 3 nitrogen and oxygen atoms in total. The SMILES string of the molecule is COCC(Nc1ccc(N(C)C)cc1)C1CC1. The van der Waals surface area contributed by atoms with Crippen molar-refractivity contribution in [2.24, 2.45) is 5.92 Å². The van der Waals surface area contributed by atoms with E-state index in [1.165, 1.54) is 24.2 Å². The summed E-state index contributed by atoms with van der Waals surface area (Å²) in [5.74, 6) is 0.795. The lowest BCUT2D eigenvalue weighted by molar-refractivity contribution is 0.179. The number of nitrogens with one attached hydrogen (secondary N) is 1. The molecule has 1 N–H and O–H groups in total. The molecule has 1 fully saturated rings. The first-order valence-electron chi connectivity index (χ1n) is 6.23. The molecule has 1 atom stereocenters. The Labute approximate surface area is 104 Å². The van der Waals surface area contributed by atoms with Gasteiger partial charge in [-0.1, -0.05) is 0 Å². The summed E-state index contributed by atoms with van der Waals surface area (Å²) in [5.41, 5.74) is 2.41. The standard InChI is InChI=1S/C14H22N2O/c1-16(2)13-8-6-12(7-9-13)15-14(10-17-3)11-4-5-11/h6-9,11,14-15H,4-5,10H2,1-3H3. The number of ether oxygens (including phenoxy) is 1. The molecule has 0 aliphatic heterocycles. The molecule has 0 heterocycles. The minimum atomic E-state index is 0.463. The van der Waals surface area contributed by atoms with Crippen molar-refractivity contribution >= 4 is 11.4 Å². The zero-order valence-electron chi connectivity index (χ0n) is 10.9. The Morgan fingerprint density at radius 2 is 1.94 bits per heavy atom. The minimum absolute atomic E-state index is 0.463. The molecule has 1 aromatic carbocycles. The Hall–Kier alpha value is -1.22. The van der Waals surface area contributed by atoms with Gasteiger partial charge in [-0.15, -0.1) is 0 Å². The molecule has 0 spiro atoms. The van der Waals surface area contributed by atoms with E-state index in [1.807, 2.05) is 0 Å². The number of rotatable bonds is 6. The molecule has 1 aliphatic carbocycles. The maximum Gasteiger partial charge on any atom is 0.0666 e.